The first-order valence-electron chi connectivity index (χ1n) is 5.62. The van der Waals surface area contributed by atoms with E-state index in [9.17, 15) is 4.79 Å². The van der Waals surface area contributed by atoms with Crippen LogP contribution in [0.25, 0.3) is 0 Å². The van der Waals surface area contributed by atoms with Gasteiger partial charge in [-0.2, -0.15) is 0 Å². The van der Waals surface area contributed by atoms with Crippen molar-refractivity contribution >= 4 is 28.5 Å². The lowest BCUT2D eigenvalue weighted by atomic mass is 10.2. The monoisotopic (exact) mass is 355 g/mol. The Morgan fingerprint density at radius 2 is 2.11 bits per heavy atom. The van der Waals surface area contributed by atoms with E-state index in [1.807, 2.05) is 43.3 Å². The van der Waals surface area contributed by atoms with Gasteiger partial charge in [-0.3, -0.25) is 4.79 Å². The molecule has 0 aliphatic rings. The van der Waals surface area contributed by atoms with Gasteiger partial charge in [-0.25, -0.2) is 0 Å². The number of hydrogen-bond donors (Lipinski definition) is 0. The molecule has 0 fully saturated rings. The third-order valence-corrected chi connectivity index (χ3v) is 3.28. The molecule has 1 aromatic heterocycles. The number of benzene rings is 1. The van der Waals surface area contributed by atoms with Crippen molar-refractivity contribution in [1.82, 2.24) is 4.90 Å². The molecule has 0 aliphatic heterocycles. The molecule has 94 valence electrons. The van der Waals surface area contributed by atoms with Gasteiger partial charge in [0.1, 0.15) is 11.5 Å². The molecule has 18 heavy (non-hydrogen) atoms. The average Bonchev–Trinajstić information content (AvgIpc) is 2.73. The van der Waals surface area contributed by atoms with Crippen molar-refractivity contribution in [3.05, 3.63) is 57.1 Å². The normalized spacial score (nSPS) is 10.4. The summed E-state index contributed by atoms with van der Waals surface area (Å²) in [5.41, 5.74) is 0.702. The maximum Gasteiger partial charge on any atom is 0.254 e. The van der Waals surface area contributed by atoms with Gasteiger partial charge in [0.15, 0.2) is 0 Å². The van der Waals surface area contributed by atoms with Gasteiger partial charge >= 0.3 is 0 Å². The molecular formula is C14H14INO2. The van der Waals surface area contributed by atoms with Crippen molar-refractivity contribution in [3.8, 4) is 0 Å². The third-order valence-electron chi connectivity index (χ3n) is 2.61. The Hall–Kier alpha value is -1.30. The van der Waals surface area contributed by atoms with Crippen LogP contribution in [0.5, 0.6) is 0 Å². The van der Waals surface area contributed by atoms with Crippen molar-refractivity contribution in [2.75, 3.05) is 7.05 Å². The summed E-state index contributed by atoms with van der Waals surface area (Å²) >= 11 is 2.20. The molecule has 0 N–H and O–H groups in total. The molecule has 2 aromatic rings. The fourth-order valence-corrected chi connectivity index (χ4v) is 2.26. The molecule has 0 bridgehead atoms. The van der Waals surface area contributed by atoms with Crippen molar-refractivity contribution < 1.29 is 9.21 Å². The van der Waals surface area contributed by atoms with Gasteiger partial charge in [-0.1, -0.05) is 6.07 Å². The second-order valence-corrected chi connectivity index (χ2v) is 5.43. The van der Waals surface area contributed by atoms with Gasteiger partial charge < -0.3 is 9.32 Å². The Kier molecular flexibility index (Phi) is 4.06. The van der Waals surface area contributed by atoms with E-state index in [1.54, 1.807) is 11.9 Å². The lowest BCUT2D eigenvalue weighted by molar-refractivity contribution is 0.0775. The highest BCUT2D eigenvalue weighted by atomic mass is 127. The van der Waals surface area contributed by atoms with E-state index < -0.39 is 0 Å². The second-order valence-electron chi connectivity index (χ2n) is 4.18. The van der Waals surface area contributed by atoms with Gasteiger partial charge in [0.2, 0.25) is 0 Å². The molecule has 0 radical (unpaired) electrons. The summed E-state index contributed by atoms with van der Waals surface area (Å²) in [5.74, 6) is 1.66. The van der Waals surface area contributed by atoms with Gasteiger partial charge in [0, 0.05) is 16.2 Å². The summed E-state index contributed by atoms with van der Waals surface area (Å²) < 4.78 is 6.52. The Labute approximate surface area is 120 Å². The summed E-state index contributed by atoms with van der Waals surface area (Å²) in [6.45, 7) is 2.38. The molecular weight excluding hydrogens is 341 g/mol. The topological polar surface area (TPSA) is 33.5 Å². The Balaban J connectivity index is 2.09. The number of furan rings is 1. The van der Waals surface area contributed by atoms with E-state index in [1.165, 1.54) is 0 Å². The lowest BCUT2D eigenvalue weighted by Crippen LogP contribution is -2.26. The summed E-state index contributed by atoms with van der Waals surface area (Å²) in [5, 5.41) is 0. The molecule has 4 heteroatoms. The molecule has 0 atom stereocenters. The summed E-state index contributed by atoms with van der Waals surface area (Å²) in [7, 11) is 1.78. The fraction of sp³-hybridized carbons (Fsp3) is 0.214. The standard InChI is InChI=1S/C14H14INO2/c1-10-6-7-13(18-10)9-16(2)14(17)11-4-3-5-12(15)8-11/h3-8H,9H2,1-2H3. The maximum atomic E-state index is 12.2. The summed E-state index contributed by atoms with van der Waals surface area (Å²) in [6, 6.07) is 11.4. The van der Waals surface area contributed by atoms with E-state index >= 15 is 0 Å². The van der Waals surface area contributed by atoms with Crippen LogP contribution in [0.15, 0.2) is 40.8 Å². The van der Waals surface area contributed by atoms with E-state index in [-0.39, 0.29) is 5.91 Å². The predicted molar refractivity (Wildman–Crippen MR) is 78.4 cm³/mol. The molecule has 1 aromatic carbocycles. The highest BCUT2D eigenvalue weighted by Gasteiger charge is 2.13. The number of aryl methyl sites for hydroxylation is 1. The van der Waals surface area contributed by atoms with Crippen LogP contribution < -0.4 is 0 Å². The van der Waals surface area contributed by atoms with Crippen LogP contribution in [0.1, 0.15) is 21.9 Å². The highest BCUT2D eigenvalue weighted by Crippen LogP contribution is 2.13. The average molecular weight is 355 g/mol. The first kappa shape index (κ1) is 13.1. The number of carbonyl (C=O) groups excluding carboxylic acids is 1. The van der Waals surface area contributed by atoms with Crippen molar-refractivity contribution in [2.24, 2.45) is 0 Å². The van der Waals surface area contributed by atoms with Crippen LogP contribution in [0.4, 0.5) is 0 Å². The zero-order valence-corrected chi connectivity index (χ0v) is 12.5. The summed E-state index contributed by atoms with van der Waals surface area (Å²) in [4.78, 5) is 13.8. The molecule has 2 rings (SSSR count). The first-order chi connectivity index (χ1) is 8.56. The van der Waals surface area contributed by atoms with Gasteiger partial charge in [0.25, 0.3) is 5.91 Å². The molecule has 0 saturated carbocycles. The SMILES string of the molecule is Cc1ccc(CN(C)C(=O)c2cccc(I)c2)o1. The van der Waals surface area contributed by atoms with Gasteiger partial charge in [-0.05, 0) is 59.8 Å². The fourth-order valence-electron chi connectivity index (χ4n) is 1.72. The van der Waals surface area contributed by atoms with Crippen molar-refractivity contribution in [2.45, 2.75) is 13.5 Å². The second kappa shape index (κ2) is 5.56. The maximum absolute atomic E-state index is 12.2. The molecule has 0 saturated heterocycles. The largest absolute Gasteiger partial charge is 0.464 e. The summed E-state index contributed by atoms with van der Waals surface area (Å²) in [6.07, 6.45) is 0. The van der Waals surface area contributed by atoms with Crippen LogP contribution in [0.3, 0.4) is 0 Å². The molecule has 3 nitrogen and oxygen atoms in total. The number of nitrogens with zero attached hydrogens (tertiary/aromatic N) is 1. The Bertz CT molecular complexity index is 562. The number of halogens is 1. The van der Waals surface area contributed by atoms with Crippen molar-refractivity contribution in [3.63, 3.8) is 0 Å². The Morgan fingerprint density at radius 3 is 2.72 bits per heavy atom. The molecule has 1 heterocycles. The number of amides is 1. The highest BCUT2D eigenvalue weighted by molar-refractivity contribution is 14.1. The quantitative estimate of drug-likeness (QED) is 0.790. The number of rotatable bonds is 3. The zero-order chi connectivity index (χ0) is 13.1. The number of carbonyl (C=O) groups is 1. The van der Waals surface area contributed by atoms with E-state index in [2.05, 4.69) is 22.6 Å². The van der Waals surface area contributed by atoms with Crippen LogP contribution in [-0.2, 0) is 6.54 Å². The molecule has 0 aliphatic carbocycles. The van der Waals surface area contributed by atoms with E-state index in [0.717, 1.165) is 15.1 Å². The predicted octanol–water partition coefficient (Wildman–Crippen LogP) is 3.46. The van der Waals surface area contributed by atoms with Crippen LogP contribution in [0.2, 0.25) is 0 Å². The van der Waals surface area contributed by atoms with E-state index in [0.29, 0.717) is 12.1 Å². The van der Waals surface area contributed by atoms with Gasteiger partial charge in [0.05, 0.1) is 6.54 Å². The smallest absolute Gasteiger partial charge is 0.254 e. The van der Waals surface area contributed by atoms with E-state index in [4.69, 9.17) is 4.42 Å². The van der Waals surface area contributed by atoms with Crippen molar-refractivity contribution in [1.29, 1.82) is 0 Å². The Morgan fingerprint density at radius 1 is 1.33 bits per heavy atom. The van der Waals surface area contributed by atoms with Gasteiger partial charge in [-0.15, -0.1) is 0 Å². The first-order valence-corrected chi connectivity index (χ1v) is 6.70. The van der Waals surface area contributed by atoms with Crippen LogP contribution >= 0.6 is 22.6 Å². The van der Waals surface area contributed by atoms with Crippen LogP contribution in [-0.4, -0.2) is 17.9 Å². The van der Waals surface area contributed by atoms with Crippen LogP contribution in [0, 0.1) is 10.5 Å². The number of hydrogen-bond acceptors (Lipinski definition) is 2. The molecule has 0 unspecified atom stereocenters. The molecule has 0 spiro atoms. The minimum atomic E-state index is 0.00238. The minimum absolute atomic E-state index is 0.00238. The lowest BCUT2D eigenvalue weighted by Gasteiger charge is -2.15. The zero-order valence-electron chi connectivity index (χ0n) is 10.3. The third kappa shape index (κ3) is 3.13. The minimum Gasteiger partial charge on any atom is -0.464 e. The molecule has 1 amide bonds.